The smallest absolute Gasteiger partial charge is 0.290 e. The highest BCUT2D eigenvalue weighted by Crippen LogP contribution is 2.32. The van der Waals surface area contributed by atoms with E-state index in [0.717, 1.165) is 5.56 Å². The van der Waals surface area contributed by atoms with Crippen LogP contribution < -0.4 is 15.8 Å². The van der Waals surface area contributed by atoms with Crippen molar-refractivity contribution >= 4 is 39.1 Å². The Hall–Kier alpha value is -3.44. The van der Waals surface area contributed by atoms with Gasteiger partial charge >= 0.3 is 0 Å². The van der Waals surface area contributed by atoms with Gasteiger partial charge in [0.2, 0.25) is 0 Å². The van der Waals surface area contributed by atoms with Crippen LogP contribution in [0.2, 0.25) is 0 Å². The number of fused-ring (bicyclic) bond motifs is 2. The Morgan fingerprint density at radius 1 is 1.34 bits per heavy atom. The van der Waals surface area contributed by atoms with Crippen LogP contribution in [0.15, 0.2) is 47.6 Å². The molecule has 152 valence electrons. The summed E-state index contributed by atoms with van der Waals surface area (Å²) in [5.41, 5.74) is 7.95. The SMILES string of the molecule is NCCc1cn(S(=O)(=O)c2ccc3c(c2)OCC(=O)N3)c2cccnc12.O=CO. The fourth-order valence-electron chi connectivity index (χ4n) is 2.96. The first kappa shape index (κ1) is 20.3. The molecule has 1 aliphatic rings. The zero-order valence-electron chi connectivity index (χ0n) is 15.1. The molecule has 0 radical (unpaired) electrons. The monoisotopic (exact) mass is 418 g/mol. The highest BCUT2D eigenvalue weighted by Gasteiger charge is 2.24. The molecule has 0 saturated carbocycles. The number of amides is 1. The van der Waals surface area contributed by atoms with Crippen molar-refractivity contribution in [1.29, 1.82) is 0 Å². The zero-order chi connectivity index (χ0) is 21.0. The number of pyridine rings is 1. The molecular weight excluding hydrogens is 400 g/mol. The third kappa shape index (κ3) is 3.91. The summed E-state index contributed by atoms with van der Waals surface area (Å²) in [4.78, 5) is 24.1. The minimum Gasteiger partial charge on any atom is -0.483 e. The van der Waals surface area contributed by atoms with E-state index in [2.05, 4.69) is 10.3 Å². The van der Waals surface area contributed by atoms with Crippen LogP contribution in [0.25, 0.3) is 11.0 Å². The van der Waals surface area contributed by atoms with Crippen molar-refractivity contribution in [2.24, 2.45) is 5.73 Å². The molecule has 0 spiro atoms. The second-order valence-electron chi connectivity index (χ2n) is 5.97. The highest BCUT2D eigenvalue weighted by atomic mass is 32.2. The predicted molar refractivity (Wildman–Crippen MR) is 104 cm³/mol. The Labute approximate surface area is 166 Å². The number of rotatable bonds is 4. The second kappa shape index (κ2) is 8.29. The average Bonchev–Trinajstić information content (AvgIpc) is 3.08. The Morgan fingerprint density at radius 3 is 2.83 bits per heavy atom. The van der Waals surface area contributed by atoms with Gasteiger partial charge in [0, 0.05) is 18.5 Å². The zero-order valence-corrected chi connectivity index (χ0v) is 15.9. The number of nitrogens with zero attached hydrogens (tertiary/aromatic N) is 2. The Kier molecular flexibility index (Phi) is 5.80. The number of carboxylic acid groups (broad SMARTS) is 1. The van der Waals surface area contributed by atoms with Gasteiger partial charge in [-0.25, -0.2) is 12.4 Å². The molecule has 11 heteroatoms. The van der Waals surface area contributed by atoms with Gasteiger partial charge < -0.3 is 20.9 Å². The van der Waals surface area contributed by atoms with Crippen LogP contribution in [0, 0.1) is 0 Å². The molecule has 1 aromatic carbocycles. The fraction of sp³-hybridized carbons (Fsp3) is 0.167. The quantitative estimate of drug-likeness (QED) is 0.526. The number of carbonyl (C=O) groups excluding carboxylic acids is 1. The summed E-state index contributed by atoms with van der Waals surface area (Å²) in [6, 6.07) is 7.76. The third-order valence-electron chi connectivity index (χ3n) is 4.16. The molecule has 3 aromatic rings. The first-order chi connectivity index (χ1) is 13.9. The van der Waals surface area contributed by atoms with E-state index in [1.165, 1.54) is 22.2 Å². The largest absolute Gasteiger partial charge is 0.483 e. The lowest BCUT2D eigenvalue weighted by Crippen LogP contribution is -2.25. The topological polar surface area (TPSA) is 154 Å². The number of hydrogen-bond donors (Lipinski definition) is 3. The Balaban J connectivity index is 0.000000755. The number of nitrogens with two attached hydrogens (primary N) is 1. The highest BCUT2D eigenvalue weighted by molar-refractivity contribution is 7.90. The van der Waals surface area contributed by atoms with Crippen molar-refractivity contribution in [3.8, 4) is 5.75 Å². The molecule has 0 atom stereocenters. The van der Waals surface area contributed by atoms with E-state index >= 15 is 0 Å². The van der Waals surface area contributed by atoms with Crippen LogP contribution in [-0.2, 0) is 26.0 Å². The molecule has 0 unspecified atom stereocenters. The first-order valence-electron chi connectivity index (χ1n) is 8.47. The molecule has 2 aromatic heterocycles. The van der Waals surface area contributed by atoms with Crippen LogP contribution in [0.5, 0.6) is 5.75 Å². The summed E-state index contributed by atoms with van der Waals surface area (Å²) in [6.07, 6.45) is 3.70. The maximum atomic E-state index is 13.2. The minimum absolute atomic E-state index is 0.0625. The molecule has 0 aliphatic carbocycles. The summed E-state index contributed by atoms with van der Waals surface area (Å²) in [6.45, 7) is -0.00433. The van der Waals surface area contributed by atoms with Crippen molar-refractivity contribution < 1.29 is 27.9 Å². The van der Waals surface area contributed by atoms with Gasteiger partial charge in [0.1, 0.15) is 5.75 Å². The number of aromatic nitrogens is 2. The molecular formula is C18H18N4O6S. The van der Waals surface area contributed by atoms with E-state index in [4.69, 9.17) is 20.4 Å². The van der Waals surface area contributed by atoms with E-state index in [-0.39, 0.29) is 23.9 Å². The summed E-state index contributed by atoms with van der Waals surface area (Å²) in [7, 11) is -3.87. The van der Waals surface area contributed by atoms with Crippen LogP contribution in [-0.4, -0.2) is 48.0 Å². The van der Waals surface area contributed by atoms with Gasteiger partial charge in [0.15, 0.2) is 6.61 Å². The molecule has 10 nitrogen and oxygen atoms in total. The number of nitrogens with one attached hydrogen (secondary N) is 1. The van der Waals surface area contributed by atoms with Crippen LogP contribution >= 0.6 is 0 Å². The Bertz CT molecular complexity index is 1170. The van der Waals surface area contributed by atoms with E-state index in [1.807, 2.05) is 0 Å². The van der Waals surface area contributed by atoms with E-state index in [9.17, 15) is 13.2 Å². The van der Waals surface area contributed by atoms with Crippen molar-refractivity contribution in [2.45, 2.75) is 11.3 Å². The third-order valence-corrected chi connectivity index (χ3v) is 5.83. The van der Waals surface area contributed by atoms with Crippen LogP contribution in [0.3, 0.4) is 0 Å². The minimum atomic E-state index is -3.87. The lowest BCUT2D eigenvalue weighted by Gasteiger charge is -2.18. The molecule has 29 heavy (non-hydrogen) atoms. The fourth-order valence-corrected chi connectivity index (χ4v) is 4.36. The Morgan fingerprint density at radius 2 is 2.10 bits per heavy atom. The second-order valence-corrected chi connectivity index (χ2v) is 7.78. The van der Waals surface area contributed by atoms with Crippen LogP contribution in [0.1, 0.15) is 5.56 Å². The van der Waals surface area contributed by atoms with Gasteiger partial charge in [-0.05, 0) is 42.8 Å². The summed E-state index contributed by atoms with van der Waals surface area (Å²) >= 11 is 0. The van der Waals surface area contributed by atoms with Gasteiger partial charge in [-0.15, -0.1) is 0 Å². The van der Waals surface area contributed by atoms with Gasteiger partial charge in [0.25, 0.3) is 22.4 Å². The standard InChI is InChI=1S/C17H16N4O4S.CH2O2/c18-6-5-11-9-21(14-2-1-7-19-17(11)14)26(23,24)12-3-4-13-15(8-12)25-10-16(22)20-13;2-1-3/h1-4,7-9H,5-6,10,18H2,(H,20,22);1H,(H,2,3). The van der Waals surface area contributed by atoms with Crippen molar-refractivity contribution in [3.05, 3.63) is 48.3 Å². The maximum Gasteiger partial charge on any atom is 0.290 e. The molecule has 1 aliphatic heterocycles. The first-order valence-corrected chi connectivity index (χ1v) is 9.91. The van der Waals surface area contributed by atoms with Gasteiger partial charge in [-0.3, -0.25) is 14.6 Å². The lowest BCUT2D eigenvalue weighted by atomic mass is 10.2. The molecule has 3 heterocycles. The predicted octanol–water partition coefficient (Wildman–Crippen LogP) is 0.806. The summed E-state index contributed by atoms with van der Waals surface area (Å²) in [5.74, 6) is 0.0458. The summed E-state index contributed by atoms with van der Waals surface area (Å²) in [5, 5.41) is 9.53. The molecule has 4 rings (SSSR count). The van der Waals surface area contributed by atoms with Crippen molar-refractivity contribution in [1.82, 2.24) is 8.96 Å². The molecule has 0 fully saturated rings. The molecule has 0 bridgehead atoms. The number of carbonyl (C=O) groups is 2. The number of hydrogen-bond acceptors (Lipinski definition) is 7. The molecule has 4 N–H and O–H groups in total. The number of anilines is 1. The van der Waals surface area contributed by atoms with Gasteiger partial charge in [-0.2, -0.15) is 0 Å². The average molecular weight is 418 g/mol. The number of ether oxygens (including phenoxy) is 1. The van der Waals surface area contributed by atoms with Crippen molar-refractivity contribution in [2.75, 3.05) is 18.5 Å². The lowest BCUT2D eigenvalue weighted by molar-refractivity contribution is -0.123. The van der Waals surface area contributed by atoms with Crippen molar-refractivity contribution in [3.63, 3.8) is 0 Å². The molecule has 1 amide bonds. The van der Waals surface area contributed by atoms with Gasteiger partial charge in [0.05, 0.1) is 21.6 Å². The normalized spacial score (nSPS) is 12.9. The maximum absolute atomic E-state index is 13.2. The molecule has 0 saturated heterocycles. The van der Waals surface area contributed by atoms with E-state index < -0.39 is 10.0 Å². The number of benzene rings is 1. The van der Waals surface area contributed by atoms with E-state index in [0.29, 0.717) is 35.4 Å². The van der Waals surface area contributed by atoms with Crippen LogP contribution in [0.4, 0.5) is 5.69 Å². The van der Waals surface area contributed by atoms with Gasteiger partial charge in [-0.1, -0.05) is 0 Å². The van der Waals surface area contributed by atoms with E-state index in [1.54, 1.807) is 24.5 Å². The summed E-state index contributed by atoms with van der Waals surface area (Å²) < 4.78 is 32.9.